The molecule has 0 fully saturated rings. The molecule has 0 heterocycles. The van der Waals surface area contributed by atoms with Crippen molar-refractivity contribution in [2.24, 2.45) is 5.92 Å². The van der Waals surface area contributed by atoms with Gasteiger partial charge in [-0.1, -0.05) is 31.5 Å². The highest BCUT2D eigenvalue weighted by atomic mass is 35.5. The van der Waals surface area contributed by atoms with Crippen LogP contribution in [0.4, 0.5) is 0 Å². The second-order valence-electron chi connectivity index (χ2n) is 4.77. The Morgan fingerprint density at radius 2 is 1.76 bits per heavy atom. The van der Waals surface area contributed by atoms with Crippen molar-refractivity contribution in [1.82, 2.24) is 0 Å². The molecule has 2 heteroatoms. The van der Waals surface area contributed by atoms with Crippen molar-refractivity contribution < 1.29 is 4.79 Å². The first-order valence-corrected chi connectivity index (χ1v) is 6.20. The molecule has 0 saturated carbocycles. The topological polar surface area (TPSA) is 17.1 Å². The van der Waals surface area contributed by atoms with Crippen molar-refractivity contribution in [2.45, 2.75) is 34.6 Å². The number of hydrogen-bond acceptors (Lipinski definition) is 1. The van der Waals surface area contributed by atoms with Crippen LogP contribution in [-0.2, 0) is 4.79 Å². The van der Waals surface area contributed by atoms with Crippen molar-refractivity contribution in [3.05, 3.63) is 39.9 Å². The normalized spacial score (nSPS) is 12.6. The highest BCUT2D eigenvalue weighted by Crippen LogP contribution is 2.27. The Bertz CT molecular complexity index is 450. The molecule has 1 aromatic rings. The lowest BCUT2D eigenvalue weighted by Gasteiger charge is -2.14. The molecule has 0 unspecified atom stereocenters. The predicted molar refractivity (Wildman–Crippen MR) is 74.3 cm³/mol. The summed E-state index contributed by atoms with van der Waals surface area (Å²) >= 11 is 6.05. The Balaban J connectivity index is 3.38. The van der Waals surface area contributed by atoms with E-state index >= 15 is 0 Å². The van der Waals surface area contributed by atoms with Gasteiger partial charge in [-0.25, -0.2) is 0 Å². The summed E-state index contributed by atoms with van der Waals surface area (Å²) in [6.45, 7) is 9.69. The van der Waals surface area contributed by atoms with Crippen LogP contribution < -0.4 is 0 Å². The zero-order chi connectivity index (χ0) is 13.2. The Hall–Kier alpha value is -1.08. The smallest absolute Gasteiger partial charge is 0.156 e. The summed E-state index contributed by atoms with van der Waals surface area (Å²) in [5, 5.41) is 0.714. The first kappa shape index (κ1) is 14.0. The van der Waals surface area contributed by atoms with E-state index in [0.717, 1.165) is 22.3 Å². The predicted octanol–water partition coefficient (Wildman–Crippen LogP) is 4.67. The number of allylic oxidation sites excluding steroid dienone is 2. The van der Waals surface area contributed by atoms with Crippen LogP contribution in [0.2, 0.25) is 5.02 Å². The van der Waals surface area contributed by atoms with Gasteiger partial charge in [0.05, 0.1) is 0 Å². The third-order valence-electron chi connectivity index (χ3n) is 2.84. The maximum absolute atomic E-state index is 11.7. The van der Waals surface area contributed by atoms with Gasteiger partial charge in [-0.05, 0) is 55.5 Å². The molecule has 1 aromatic carbocycles. The van der Waals surface area contributed by atoms with Gasteiger partial charge in [-0.3, -0.25) is 4.79 Å². The third kappa shape index (κ3) is 3.44. The molecule has 0 aliphatic heterocycles. The van der Waals surface area contributed by atoms with Gasteiger partial charge in [0, 0.05) is 10.6 Å². The number of carbonyl (C=O) groups is 1. The highest BCUT2D eigenvalue weighted by Gasteiger charge is 2.14. The van der Waals surface area contributed by atoms with Gasteiger partial charge in [-0.15, -0.1) is 0 Å². The number of halogens is 1. The van der Waals surface area contributed by atoms with E-state index in [2.05, 4.69) is 6.07 Å². The number of ketones is 1. The molecule has 0 amide bonds. The van der Waals surface area contributed by atoms with E-state index in [1.807, 2.05) is 39.8 Å². The first-order valence-electron chi connectivity index (χ1n) is 5.82. The molecule has 0 aliphatic carbocycles. The lowest BCUT2D eigenvalue weighted by atomic mass is 9.90. The Morgan fingerprint density at radius 3 is 2.18 bits per heavy atom. The van der Waals surface area contributed by atoms with Gasteiger partial charge >= 0.3 is 0 Å². The molecule has 0 N–H and O–H groups in total. The lowest BCUT2D eigenvalue weighted by molar-refractivity contribution is -0.113. The summed E-state index contributed by atoms with van der Waals surface area (Å²) in [5.74, 6) is 0.363. The van der Waals surface area contributed by atoms with Crippen LogP contribution in [0.25, 0.3) is 5.57 Å². The standard InChI is InChI=1S/C15H19ClO/c1-9(2)15(12(5)17)11(4)13-6-10(3)7-14(16)8-13/h6-9H,1-5H3. The number of Topliss-reactive ketones (excluding diaryl/α,β-unsaturated/α-hetero) is 1. The number of rotatable bonds is 3. The Kier molecular flexibility index (Phi) is 4.53. The molecule has 92 valence electrons. The molecule has 0 aliphatic rings. The molecule has 1 nitrogen and oxygen atoms in total. The fraction of sp³-hybridized carbons (Fsp3) is 0.400. The summed E-state index contributed by atoms with van der Waals surface area (Å²) in [4.78, 5) is 11.7. The second kappa shape index (κ2) is 5.50. The largest absolute Gasteiger partial charge is 0.295 e. The molecule has 0 spiro atoms. The Labute approximate surface area is 108 Å². The van der Waals surface area contributed by atoms with Crippen LogP contribution in [0.1, 0.15) is 38.8 Å². The average molecular weight is 251 g/mol. The van der Waals surface area contributed by atoms with Crippen molar-refractivity contribution >= 4 is 23.0 Å². The average Bonchev–Trinajstić information content (AvgIpc) is 2.14. The number of benzene rings is 1. The van der Waals surface area contributed by atoms with Crippen LogP contribution in [0, 0.1) is 12.8 Å². The van der Waals surface area contributed by atoms with Gasteiger partial charge in [0.15, 0.2) is 5.78 Å². The molecule has 17 heavy (non-hydrogen) atoms. The number of carbonyl (C=O) groups excluding carboxylic acids is 1. The molecule has 0 saturated heterocycles. The highest BCUT2D eigenvalue weighted by molar-refractivity contribution is 6.30. The van der Waals surface area contributed by atoms with Crippen LogP contribution in [-0.4, -0.2) is 5.78 Å². The molecule has 1 rings (SSSR count). The lowest BCUT2D eigenvalue weighted by Crippen LogP contribution is -2.06. The van der Waals surface area contributed by atoms with Crippen molar-refractivity contribution in [3.63, 3.8) is 0 Å². The van der Waals surface area contributed by atoms with Crippen LogP contribution >= 0.6 is 11.6 Å². The van der Waals surface area contributed by atoms with Gasteiger partial charge in [-0.2, -0.15) is 0 Å². The SMILES string of the molecule is CC(=O)C(=C(C)c1cc(C)cc(Cl)c1)C(C)C. The molecule has 0 aromatic heterocycles. The monoisotopic (exact) mass is 250 g/mol. The molecular formula is C15H19ClO. The summed E-state index contributed by atoms with van der Waals surface area (Å²) in [5.41, 5.74) is 4.05. The summed E-state index contributed by atoms with van der Waals surface area (Å²) < 4.78 is 0. The minimum Gasteiger partial charge on any atom is -0.295 e. The van der Waals surface area contributed by atoms with E-state index in [4.69, 9.17) is 11.6 Å². The Morgan fingerprint density at radius 1 is 1.18 bits per heavy atom. The van der Waals surface area contributed by atoms with Gasteiger partial charge in [0.2, 0.25) is 0 Å². The van der Waals surface area contributed by atoms with E-state index in [0.29, 0.717) is 5.02 Å². The van der Waals surface area contributed by atoms with Gasteiger partial charge in [0.25, 0.3) is 0 Å². The molecular weight excluding hydrogens is 232 g/mol. The van der Waals surface area contributed by atoms with E-state index in [-0.39, 0.29) is 11.7 Å². The van der Waals surface area contributed by atoms with Crippen LogP contribution in [0.5, 0.6) is 0 Å². The van der Waals surface area contributed by atoms with E-state index in [9.17, 15) is 4.79 Å². The van der Waals surface area contributed by atoms with Crippen molar-refractivity contribution in [3.8, 4) is 0 Å². The minimum atomic E-state index is 0.134. The maximum atomic E-state index is 11.7. The fourth-order valence-electron chi connectivity index (χ4n) is 2.21. The minimum absolute atomic E-state index is 0.134. The summed E-state index contributed by atoms with van der Waals surface area (Å²) in [6, 6.07) is 5.89. The van der Waals surface area contributed by atoms with Crippen LogP contribution in [0.15, 0.2) is 23.8 Å². The van der Waals surface area contributed by atoms with E-state index < -0.39 is 0 Å². The zero-order valence-corrected chi connectivity index (χ0v) is 11.9. The first-order chi connectivity index (χ1) is 7.82. The molecule has 0 radical (unpaired) electrons. The number of hydrogen-bond donors (Lipinski definition) is 0. The van der Waals surface area contributed by atoms with Gasteiger partial charge < -0.3 is 0 Å². The van der Waals surface area contributed by atoms with E-state index in [1.54, 1.807) is 6.92 Å². The fourth-order valence-corrected chi connectivity index (χ4v) is 2.50. The van der Waals surface area contributed by atoms with Crippen LogP contribution in [0.3, 0.4) is 0 Å². The number of aryl methyl sites for hydroxylation is 1. The zero-order valence-electron chi connectivity index (χ0n) is 11.1. The van der Waals surface area contributed by atoms with E-state index in [1.165, 1.54) is 0 Å². The maximum Gasteiger partial charge on any atom is 0.156 e. The quantitative estimate of drug-likeness (QED) is 0.713. The molecule has 0 bridgehead atoms. The van der Waals surface area contributed by atoms with Crippen molar-refractivity contribution in [1.29, 1.82) is 0 Å². The summed E-state index contributed by atoms with van der Waals surface area (Å²) in [6.07, 6.45) is 0. The van der Waals surface area contributed by atoms with Crippen molar-refractivity contribution in [2.75, 3.05) is 0 Å². The third-order valence-corrected chi connectivity index (χ3v) is 3.05. The molecule has 0 atom stereocenters. The van der Waals surface area contributed by atoms with Gasteiger partial charge in [0.1, 0.15) is 0 Å². The summed E-state index contributed by atoms with van der Waals surface area (Å²) in [7, 11) is 0. The second-order valence-corrected chi connectivity index (χ2v) is 5.20.